The maximum absolute atomic E-state index is 13.2. The third-order valence-corrected chi connectivity index (χ3v) is 7.18. The van der Waals surface area contributed by atoms with Gasteiger partial charge in [-0.25, -0.2) is 4.68 Å². The molecule has 1 saturated carbocycles. The summed E-state index contributed by atoms with van der Waals surface area (Å²) in [5.41, 5.74) is 3.88. The molecule has 1 fully saturated rings. The standard InChI is InChI=1S/C27H40N6O/c1-7-11-24(25-29-30-31-33(25)27(4,5)6)32(21-12-9-8-10-13-21)17-20-16-22-19(3)14-18(2)15-23(22)28-26(20)34/h14-16,21,24H,7-13,17H2,1-6H3,(H,28,34)/t24-/m1/s1. The molecule has 0 saturated heterocycles. The maximum atomic E-state index is 13.2. The number of hydrogen-bond acceptors (Lipinski definition) is 5. The Morgan fingerprint density at radius 3 is 2.56 bits per heavy atom. The third-order valence-electron chi connectivity index (χ3n) is 7.18. The average Bonchev–Trinajstić information content (AvgIpc) is 3.27. The summed E-state index contributed by atoms with van der Waals surface area (Å²) in [5, 5.41) is 14.1. The lowest BCUT2D eigenvalue weighted by molar-refractivity contribution is 0.0779. The van der Waals surface area contributed by atoms with Crippen LogP contribution < -0.4 is 5.56 Å². The second-order valence-electron chi connectivity index (χ2n) is 11.1. The molecule has 0 radical (unpaired) electrons. The molecule has 0 amide bonds. The van der Waals surface area contributed by atoms with Crippen LogP contribution in [0.1, 0.15) is 101 Å². The molecule has 2 aromatic heterocycles. The quantitative estimate of drug-likeness (QED) is 0.495. The van der Waals surface area contributed by atoms with Crippen molar-refractivity contribution in [3.63, 3.8) is 0 Å². The summed E-state index contributed by atoms with van der Waals surface area (Å²) in [5.74, 6) is 0.906. The van der Waals surface area contributed by atoms with Crippen LogP contribution in [0.15, 0.2) is 23.0 Å². The number of nitrogens with one attached hydrogen (secondary N) is 1. The number of rotatable bonds is 7. The Kier molecular flexibility index (Phi) is 7.22. The van der Waals surface area contributed by atoms with Gasteiger partial charge in [0, 0.05) is 29.1 Å². The van der Waals surface area contributed by atoms with E-state index in [0.717, 1.165) is 53.5 Å². The van der Waals surface area contributed by atoms with Crippen molar-refractivity contribution in [2.24, 2.45) is 0 Å². The van der Waals surface area contributed by atoms with Crippen LogP contribution in [-0.2, 0) is 12.1 Å². The number of aryl methyl sites for hydroxylation is 2. The molecule has 1 N–H and O–H groups in total. The molecular formula is C27H40N6O. The molecule has 1 aromatic carbocycles. The minimum atomic E-state index is -0.210. The van der Waals surface area contributed by atoms with E-state index in [1.807, 2.05) is 4.68 Å². The normalized spacial score (nSPS) is 16.4. The molecule has 4 rings (SSSR count). The van der Waals surface area contributed by atoms with Gasteiger partial charge in [-0.05, 0) is 87.6 Å². The van der Waals surface area contributed by atoms with Gasteiger partial charge < -0.3 is 4.98 Å². The van der Waals surface area contributed by atoms with Crippen molar-refractivity contribution in [2.45, 2.75) is 111 Å². The van der Waals surface area contributed by atoms with Gasteiger partial charge in [-0.2, -0.15) is 0 Å². The highest BCUT2D eigenvalue weighted by Gasteiger charge is 2.34. The monoisotopic (exact) mass is 464 g/mol. The van der Waals surface area contributed by atoms with Crippen LogP contribution in [-0.4, -0.2) is 36.1 Å². The molecule has 0 unspecified atom stereocenters. The van der Waals surface area contributed by atoms with Gasteiger partial charge in [0.15, 0.2) is 5.82 Å². The Bertz CT molecular complexity index is 1180. The fourth-order valence-corrected chi connectivity index (χ4v) is 5.53. The molecule has 0 aliphatic heterocycles. The van der Waals surface area contributed by atoms with Gasteiger partial charge in [-0.15, -0.1) is 5.10 Å². The Morgan fingerprint density at radius 1 is 1.15 bits per heavy atom. The fraction of sp³-hybridized carbons (Fsp3) is 0.630. The van der Waals surface area contributed by atoms with Crippen molar-refractivity contribution in [3.8, 4) is 0 Å². The highest BCUT2D eigenvalue weighted by atomic mass is 16.1. The first-order chi connectivity index (χ1) is 16.2. The zero-order chi connectivity index (χ0) is 24.5. The van der Waals surface area contributed by atoms with Crippen LogP contribution in [0, 0.1) is 13.8 Å². The van der Waals surface area contributed by atoms with Gasteiger partial charge in [0.25, 0.3) is 5.56 Å². The summed E-state index contributed by atoms with van der Waals surface area (Å²) < 4.78 is 1.97. The van der Waals surface area contributed by atoms with Crippen molar-refractivity contribution >= 4 is 10.9 Å². The van der Waals surface area contributed by atoms with Crippen molar-refractivity contribution in [2.75, 3.05) is 0 Å². The Labute approximate surface area is 202 Å². The predicted molar refractivity (Wildman–Crippen MR) is 137 cm³/mol. The number of pyridine rings is 1. The van der Waals surface area contributed by atoms with E-state index in [9.17, 15) is 4.79 Å². The molecule has 34 heavy (non-hydrogen) atoms. The topological polar surface area (TPSA) is 79.7 Å². The lowest BCUT2D eigenvalue weighted by Gasteiger charge is -2.40. The summed E-state index contributed by atoms with van der Waals surface area (Å²) in [6.45, 7) is 13.4. The van der Waals surface area contributed by atoms with Gasteiger partial charge in [-0.1, -0.05) is 38.7 Å². The van der Waals surface area contributed by atoms with E-state index < -0.39 is 0 Å². The van der Waals surface area contributed by atoms with Crippen LogP contribution in [0.3, 0.4) is 0 Å². The molecule has 184 valence electrons. The van der Waals surface area contributed by atoms with Crippen LogP contribution >= 0.6 is 0 Å². The number of nitrogens with zero attached hydrogens (tertiary/aromatic N) is 5. The minimum Gasteiger partial charge on any atom is -0.322 e. The van der Waals surface area contributed by atoms with E-state index in [1.165, 1.54) is 24.8 Å². The van der Waals surface area contributed by atoms with E-state index in [1.54, 1.807) is 0 Å². The number of H-pyrrole nitrogens is 1. The number of tetrazole rings is 1. The zero-order valence-corrected chi connectivity index (χ0v) is 21.7. The maximum Gasteiger partial charge on any atom is 0.252 e. The molecule has 0 spiro atoms. The van der Waals surface area contributed by atoms with Crippen molar-refractivity contribution in [1.82, 2.24) is 30.1 Å². The fourth-order valence-electron chi connectivity index (χ4n) is 5.53. The molecule has 2 heterocycles. The molecule has 7 heteroatoms. The Balaban J connectivity index is 1.79. The van der Waals surface area contributed by atoms with Crippen LogP contribution in [0.4, 0.5) is 0 Å². The number of hydrogen-bond donors (Lipinski definition) is 1. The SMILES string of the molecule is CCC[C@H](c1nnnn1C(C)(C)C)N(Cc1cc2c(C)cc(C)cc2[nH]c1=O)C1CCCCC1. The highest BCUT2D eigenvalue weighted by molar-refractivity contribution is 5.83. The molecular weight excluding hydrogens is 424 g/mol. The van der Waals surface area contributed by atoms with Crippen LogP contribution in [0.5, 0.6) is 0 Å². The highest BCUT2D eigenvalue weighted by Crippen LogP contribution is 2.35. The lowest BCUT2D eigenvalue weighted by atomic mass is 9.91. The molecule has 1 atom stereocenters. The molecule has 7 nitrogen and oxygen atoms in total. The lowest BCUT2D eigenvalue weighted by Crippen LogP contribution is -2.42. The first kappa shape index (κ1) is 24.6. The largest absolute Gasteiger partial charge is 0.322 e. The Hall–Kier alpha value is -2.54. The summed E-state index contributed by atoms with van der Waals surface area (Å²) in [7, 11) is 0. The van der Waals surface area contributed by atoms with E-state index in [-0.39, 0.29) is 17.1 Å². The second-order valence-corrected chi connectivity index (χ2v) is 11.1. The van der Waals surface area contributed by atoms with Gasteiger partial charge in [0.2, 0.25) is 0 Å². The zero-order valence-electron chi connectivity index (χ0n) is 21.7. The van der Waals surface area contributed by atoms with Gasteiger partial charge in [0.1, 0.15) is 0 Å². The van der Waals surface area contributed by atoms with Gasteiger partial charge in [0.05, 0.1) is 11.6 Å². The summed E-state index contributed by atoms with van der Waals surface area (Å²) in [6.07, 6.45) is 8.04. The molecule has 0 bridgehead atoms. The van der Waals surface area contributed by atoms with Crippen molar-refractivity contribution in [3.05, 3.63) is 51.1 Å². The van der Waals surface area contributed by atoms with Crippen LogP contribution in [0.25, 0.3) is 10.9 Å². The number of aromatic amines is 1. The van der Waals surface area contributed by atoms with Gasteiger partial charge in [-0.3, -0.25) is 9.69 Å². The molecule has 1 aliphatic rings. The first-order valence-corrected chi connectivity index (χ1v) is 12.9. The van der Waals surface area contributed by atoms with E-state index >= 15 is 0 Å². The average molecular weight is 465 g/mol. The van der Waals surface area contributed by atoms with Crippen molar-refractivity contribution in [1.29, 1.82) is 0 Å². The van der Waals surface area contributed by atoms with Crippen LogP contribution in [0.2, 0.25) is 0 Å². The van der Waals surface area contributed by atoms with E-state index in [0.29, 0.717) is 12.6 Å². The smallest absolute Gasteiger partial charge is 0.252 e. The first-order valence-electron chi connectivity index (χ1n) is 12.9. The van der Waals surface area contributed by atoms with Crippen molar-refractivity contribution < 1.29 is 0 Å². The Morgan fingerprint density at radius 2 is 1.88 bits per heavy atom. The summed E-state index contributed by atoms with van der Waals surface area (Å²) >= 11 is 0. The molecule has 1 aliphatic carbocycles. The predicted octanol–water partition coefficient (Wildman–Crippen LogP) is 5.56. The number of fused-ring (bicyclic) bond motifs is 1. The minimum absolute atomic E-state index is 0.00368. The summed E-state index contributed by atoms with van der Waals surface area (Å²) in [6, 6.07) is 6.83. The van der Waals surface area contributed by atoms with E-state index in [4.69, 9.17) is 0 Å². The van der Waals surface area contributed by atoms with E-state index in [2.05, 4.69) is 85.2 Å². The summed E-state index contributed by atoms with van der Waals surface area (Å²) in [4.78, 5) is 18.9. The second kappa shape index (κ2) is 9.98. The molecule has 3 aromatic rings. The third kappa shape index (κ3) is 5.09. The van der Waals surface area contributed by atoms with Gasteiger partial charge >= 0.3 is 0 Å². The number of aromatic nitrogens is 5. The number of benzene rings is 1.